The second-order valence-corrected chi connectivity index (χ2v) is 2.50. The third-order valence-corrected chi connectivity index (χ3v) is 1.45. The average Bonchev–Trinajstić information content (AvgIpc) is 2.17. The number of pyridine rings is 1. The monoisotopic (exact) mass is 195 g/mol. The highest BCUT2D eigenvalue weighted by atomic mass is 19.1. The van der Waals surface area contributed by atoms with Crippen LogP contribution in [0.25, 0.3) is 6.08 Å². The Morgan fingerprint density at radius 1 is 1.64 bits per heavy atom. The Bertz CT molecular complexity index is 332. The lowest BCUT2D eigenvalue weighted by molar-refractivity contribution is -0.137. The summed E-state index contributed by atoms with van der Waals surface area (Å²) in [5, 5.41) is 0. The van der Waals surface area contributed by atoms with Gasteiger partial charge in [-0.2, -0.15) is 4.39 Å². The SMILES string of the molecule is CCOC(=O)/C=C/c1ccc(F)nc1. The molecule has 0 aliphatic rings. The van der Waals surface area contributed by atoms with Crippen LogP contribution in [0.15, 0.2) is 24.4 Å². The van der Waals surface area contributed by atoms with Crippen molar-refractivity contribution in [2.24, 2.45) is 0 Å². The zero-order valence-electron chi connectivity index (χ0n) is 7.74. The van der Waals surface area contributed by atoms with Crippen molar-refractivity contribution in [1.29, 1.82) is 0 Å². The molecule has 0 spiro atoms. The summed E-state index contributed by atoms with van der Waals surface area (Å²) >= 11 is 0. The van der Waals surface area contributed by atoms with Gasteiger partial charge in [0.25, 0.3) is 0 Å². The van der Waals surface area contributed by atoms with Gasteiger partial charge in [0.1, 0.15) is 0 Å². The maximum atomic E-state index is 12.4. The van der Waals surface area contributed by atoms with Gasteiger partial charge >= 0.3 is 5.97 Å². The minimum absolute atomic E-state index is 0.338. The number of rotatable bonds is 3. The summed E-state index contributed by atoms with van der Waals surface area (Å²) in [6.07, 6.45) is 4.13. The Morgan fingerprint density at radius 3 is 3.00 bits per heavy atom. The number of carbonyl (C=O) groups excluding carboxylic acids is 1. The fourth-order valence-corrected chi connectivity index (χ4v) is 0.840. The highest BCUT2D eigenvalue weighted by molar-refractivity contribution is 5.86. The van der Waals surface area contributed by atoms with E-state index in [0.717, 1.165) is 0 Å². The maximum absolute atomic E-state index is 12.4. The number of halogens is 1. The fourth-order valence-electron chi connectivity index (χ4n) is 0.840. The van der Waals surface area contributed by atoms with E-state index in [0.29, 0.717) is 12.2 Å². The Balaban J connectivity index is 2.60. The topological polar surface area (TPSA) is 39.2 Å². The molecule has 0 saturated heterocycles. The molecule has 0 saturated carbocycles. The molecule has 0 aromatic carbocycles. The number of carbonyl (C=O) groups is 1. The predicted octanol–water partition coefficient (Wildman–Crippen LogP) is 1.80. The minimum atomic E-state index is -0.543. The number of aromatic nitrogens is 1. The summed E-state index contributed by atoms with van der Waals surface area (Å²) in [6, 6.07) is 2.75. The van der Waals surface area contributed by atoms with Gasteiger partial charge < -0.3 is 4.74 Å². The van der Waals surface area contributed by atoms with E-state index in [4.69, 9.17) is 0 Å². The molecule has 1 heterocycles. The molecular formula is C10H10FNO2. The second-order valence-electron chi connectivity index (χ2n) is 2.50. The van der Waals surface area contributed by atoms with Gasteiger partial charge in [-0.1, -0.05) is 0 Å². The van der Waals surface area contributed by atoms with Crippen LogP contribution in [0, 0.1) is 5.95 Å². The van der Waals surface area contributed by atoms with Crippen LogP contribution in [0.5, 0.6) is 0 Å². The van der Waals surface area contributed by atoms with Crippen LogP contribution < -0.4 is 0 Å². The molecular weight excluding hydrogens is 185 g/mol. The van der Waals surface area contributed by atoms with Crippen LogP contribution in [-0.4, -0.2) is 17.6 Å². The molecule has 0 aliphatic carbocycles. The first-order chi connectivity index (χ1) is 6.72. The number of esters is 1. The van der Waals surface area contributed by atoms with Gasteiger partial charge in [0.05, 0.1) is 6.61 Å². The van der Waals surface area contributed by atoms with Crippen LogP contribution in [0.3, 0.4) is 0 Å². The van der Waals surface area contributed by atoms with E-state index in [1.807, 2.05) is 0 Å². The molecule has 0 bridgehead atoms. The van der Waals surface area contributed by atoms with E-state index in [9.17, 15) is 9.18 Å². The van der Waals surface area contributed by atoms with E-state index in [1.54, 1.807) is 6.92 Å². The first kappa shape index (κ1) is 10.4. The van der Waals surface area contributed by atoms with Crippen LogP contribution >= 0.6 is 0 Å². The van der Waals surface area contributed by atoms with Crippen molar-refractivity contribution < 1.29 is 13.9 Å². The van der Waals surface area contributed by atoms with Gasteiger partial charge in [0, 0.05) is 12.3 Å². The number of hydrogen-bond donors (Lipinski definition) is 0. The third kappa shape index (κ3) is 3.35. The zero-order chi connectivity index (χ0) is 10.4. The van der Waals surface area contributed by atoms with Gasteiger partial charge in [-0.25, -0.2) is 9.78 Å². The number of nitrogens with zero attached hydrogens (tertiary/aromatic N) is 1. The normalized spacial score (nSPS) is 10.4. The Kier molecular flexibility index (Phi) is 3.79. The molecule has 1 aromatic rings. The van der Waals surface area contributed by atoms with E-state index >= 15 is 0 Å². The summed E-state index contributed by atoms with van der Waals surface area (Å²) in [6.45, 7) is 2.07. The van der Waals surface area contributed by atoms with Crippen LogP contribution in [0.1, 0.15) is 12.5 Å². The fraction of sp³-hybridized carbons (Fsp3) is 0.200. The Hall–Kier alpha value is -1.71. The summed E-state index contributed by atoms with van der Waals surface area (Å²) in [5.41, 5.74) is 0.652. The molecule has 0 aliphatic heterocycles. The molecule has 1 aromatic heterocycles. The minimum Gasteiger partial charge on any atom is -0.463 e. The standard InChI is InChI=1S/C10H10FNO2/c1-2-14-10(13)6-4-8-3-5-9(11)12-7-8/h3-7H,2H2,1H3/b6-4+. The number of hydrogen-bond acceptors (Lipinski definition) is 3. The molecule has 0 N–H and O–H groups in total. The van der Waals surface area contributed by atoms with Gasteiger partial charge in [-0.15, -0.1) is 0 Å². The molecule has 0 unspecified atom stereocenters. The predicted molar refractivity (Wildman–Crippen MR) is 49.9 cm³/mol. The maximum Gasteiger partial charge on any atom is 0.330 e. The second kappa shape index (κ2) is 5.11. The third-order valence-electron chi connectivity index (χ3n) is 1.45. The van der Waals surface area contributed by atoms with Crippen molar-refractivity contribution in [1.82, 2.24) is 4.98 Å². The summed E-state index contributed by atoms with van der Waals surface area (Å²) in [5.74, 6) is -0.963. The van der Waals surface area contributed by atoms with Crippen molar-refractivity contribution in [3.8, 4) is 0 Å². The van der Waals surface area contributed by atoms with Gasteiger partial charge in [0.15, 0.2) is 0 Å². The summed E-state index contributed by atoms with van der Waals surface area (Å²) < 4.78 is 17.0. The van der Waals surface area contributed by atoms with Gasteiger partial charge in [0.2, 0.25) is 5.95 Å². The zero-order valence-corrected chi connectivity index (χ0v) is 7.74. The van der Waals surface area contributed by atoms with Crippen molar-refractivity contribution >= 4 is 12.0 Å². The van der Waals surface area contributed by atoms with Crippen molar-refractivity contribution in [2.45, 2.75) is 6.92 Å². The van der Waals surface area contributed by atoms with Crippen LogP contribution in [0.2, 0.25) is 0 Å². The van der Waals surface area contributed by atoms with Gasteiger partial charge in [-0.3, -0.25) is 0 Å². The van der Waals surface area contributed by atoms with Crippen molar-refractivity contribution in [3.05, 3.63) is 35.9 Å². The molecule has 0 amide bonds. The molecule has 14 heavy (non-hydrogen) atoms. The average molecular weight is 195 g/mol. The molecule has 1 rings (SSSR count). The highest BCUT2D eigenvalue weighted by Crippen LogP contribution is 2.01. The molecule has 4 heteroatoms. The molecule has 0 fully saturated rings. The Morgan fingerprint density at radius 2 is 2.43 bits per heavy atom. The highest BCUT2D eigenvalue weighted by Gasteiger charge is 1.94. The quantitative estimate of drug-likeness (QED) is 0.419. The van der Waals surface area contributed by atoms with E-state index < -0.39 is 11.9 Å². The lowest BCUT2D eigenvalue weighted by Gasteiger charge is -1.94. The first-order valence-electron chi connectivity index (χ1n) is 4.18. The van der Waals surface area contributed by atoms with Crippen LogP contribution in [0.4, 0.5) is 4.39 Å². The first-order valence-corrected chi connectivity index (χ1v) is 4.18. The smallest absolute Gasteiger partial charge is 0.330 e. The lowest BCUT2D eigenvalue weighted by atomic mass is 10.2. The molecule has 3 nitrogen and oxygen atoms in total. The molecule has 0 radical (unpaired) electrons. The lowest BCUT2D eigenvalue weighted by Crippen LogP contribution is -1.98. The molecule has 0 atom stereocenters. The summed E-state index contributed by atoms with van der Waals surface area (Å²) in [4.78, 5) is 14.3. The Labute approximate surface area is 81.2 Å². The van der Waals surface area contributed by atoms with E-state index in [2.05, 4.69) is 9.72 Å². The van der Waals surface area contributed by atoms with E-state index in [-0.39, 0.29) is 0 Å². The largest absolute Gasteiger partial charge is 0.463 e. The van der Waals surface area contributed by atoms with Crippen molar-refractivity contribution in [2.75, 3.05) is 6.61 Å². The number of ether oxygens (including phenoxy) is 1. The summed E-state index contributed by atoms with van der Waals surface area (Å²) in [7, 11) is 0. The van der Waals surface area contributed by atoms with Crippen LogP contribution in [-0.2, 0) is 9.53 Å². The molecule has 74 valence electrons. The van der Waals surface area contributed by atoms with Crippen molar-refractivity contribution in [3.63, 3.8) is 0 Å². The van der Waals surface area contributed by atoms with E-state index in [1.165, 1.54) is 30.5 Å². The van der Waals surface area contributed by atoms with Gasteiger partial charge in [-0.05, 0) is 30.7 Å².